The summed E-state index contributed by atoms with van der Waals surface area (Å²) in [6, 6.07) is 7.17. The van der Waals surface area contributed by atoms with Gasteiger partial charge in [-0.25, -0.2) is 57.5 Å². The van der Waals surface area contributed by atoms with Crippen LogP contribution in [0.2, 0.25) is 0 Å². The summed E-state index contributed by atoms with van der Waals surface area (Å²) >= 11 is 0. The molecule has 131 heavy (non-hydrogen) atoms. The molecule has 1 aliphatic carbocycles. The minimum atomic E-state index is -0.664. The highest BCUT2D eigenvalue weighted by molar-refractivity contribution is 5.96. The Morgan fingerprint density at radius 2 is 0.588 bits per heavy atom. The zero-order chi connectivity index (χ0) is 101. The lowest BCUT2D eigenvalue weighted by Crippen LogP contribution is -2.46. The van der Waals surface area contributed by atoms with Crippen LogP contribution in [0.25, 0.3) is 0 Å². The first kappa shape index (κ1) is 125. The van der Waals surface area contributed by atoms with Crippen LogP contribution in [0.3, 0.4) is 0 Å². The van der Waals surface area contributed by atoms with Crippen LogP contribution in [0, 0.1) is 52.8 Å². The second-order valence-electron chi connectivity index (χ2n) is 32.8. The van der Waals surface area contributed by atoms with Crippen molar-refractivity contribution < 1.29 is 143 Å². The number of ether oxygens (including phenoxy) is 12. The molecule has 0 heterocycles. The molecule has 1 aromatic carbocycles. The number of carbonyl (C=O) groups excluding carboxylic acids is 18. The van der Waals surface area contributed by atoms with E-state index in [9.17, 15) is 86.3 Å². The van der Waals surface area contributed by atoms with Crippen LogP contribution in [0.4, 0.5) is 0 Å². The maximum atomic E-state index is 12.3. The van der Waals surface area contributed by atoms with Crippen molar-refractivity contribution in [2.75, 3.05) is 72.7 Å². The molecule has 740 valence electrons. The number of amides is 6. The number of hydrogen-bond donors (Lipinski definition) is 6. The summed E-state index contributed by atoms with van der Waals surface area (Å²) in [5, 5.41) is 17.0. The Bertz CT molecular complexity index is 3830. The molecule has 6 amide bonds. The number of carbonyl (C=O) groups is 18. The van der Waals surface area contributed by atoms with E-state index in [-0.39, 0.29) is 198 Å². The van der Waals surface area contributed by atoms with Crippen molar-refractivity contribution >= 4 is 107 Å². The summed E-state index contributed by atoms with van der Waals surface area (Å²) in [5.74, 6) is -7.48. The molecule has 0 unspecified atom stereocenters. The second-order valence-corrected chi connectivity index (χ2v) is 32.8. The molecule has 0 aliphatic heterocycles. The maximum Gasteiger partial charge on any atom is 0.331 e. The summed E-state index contributed by atoms with van der Waals surface area (Å²) < 4.78 is 58.4. The fourth-order valence-corrected chi connectivity index (χ4v) is 9.58. The SMILES string of the molecule is CC(=O)N[C@@H](COC(=O)/C=C/C(=O)OC(C)C)C(C)C.CCOC(=O)/C=C/C(=O)OC[C@H](NC(=O)C(C)(C)C)C(C)C.CCOC(=O)/C=C/C(=O)OC[C@H](NC(=O)C(C)C)C(C)C.CCOC(=O)/C=C/C(=O)OC[C@H](NC(=O)C1CCCCC1)C(C)C.CCOC(=O)/C=C/C(=O)OC[C@H](NC(=O)CC)C(C)C.CCOC(=O)/C=C/C(=O)OC[C@H](NC(=O)c1ccccc1)C(C)C. The first-order valence-electron chi connectivity index (χ1n) is 44.3. The molecule has 0 spiro atoms. The van der Waals surface area contributed by atoms with Gasteiger partial charge in [-0.05, 0) is 109 Å². The Hall–Kier alpha value is -11.9. The number of rotatable bonds is 46. The summed E-state index contributed by atoms with van der Waals surface area (Å²) in [5.41, 5.74) is 0.0257. The molecule has 0 bridgehead atoms. The molecular weight excluding hydrogens is 1710 g/mol. The zero-order valence-corrected chi connectivity index (χ0v) is 81.7. The van der Waals surface area contributed by atoms with Gasteiger partial charge in [-0.2, -0.15) is 0 Å². The number of benzene rings is 1. The maximum absolute atomic E-state index is 12.3. The monoisotopic (exact) mass is 1860 g/mol. The van der Waals surface area contributed by atoms with Gasteiger partial charge in [0, 0.05) is 109 Å². The zero-order valence-electron chi connectivity index (χ0n) is 81.7. The highest BCUT2D eigenvalue weighted by Crippen LogP contribution is 2.24. The fraction of sp³-hybridized carbons (Fsp3) is 0.621. The van der Waals surface area contributed by atoms with Gasteiger partial charge in [0.15, 0.2) is 0 Å². The van der Waals surface area contributed by atoms with Crippen molar-refractivity contribution in [3.8, 4) is 0 Å². The lowest BCUT2D eigenvalue weighted by molar-refractivity contribution is -0.143. The van der Waals surface area contributed by atoms with Gasteiger partial charge >= 0.3 is 71.6 Å². The van der Waals surface area contributed by atoms with Crippen molar-refractivity contribution in [3.63, 3.8) is 0 Å². The minimum absolute atomic E-state index is 0.0161. The van der Waals surface area contributed by atoms with E-state index in [1.165, 1.54) is 13.3 Å². The highest BCUT2D eigenvalue weighted by atomic mass is 16.6. The Balaban J connectivity index is -0.000000740. The molecule has 36 nitrogen and oxygen atoms in total. The van der Waals surface area contributed by atoms with Crippen molar-refractivity contribution in [2.24, 2.45) is 52.8 Å². The number of hydrogen-bond acceptors (Lipinski definition) is 30. The fourth-order valence-electron chi connectivity index (χ4n) is 9.58. The Morgan fingerprint density at radius 1 is 0.328 bits per heavy atom. The van der Waals surface area contributed by atoms with Gasteiger partial charge in [-0.15, -0.1) is 0 Å². The minimum Gasteiger partial charge on any atom is -0.463 e. The second kappa shape index (κ2) is 73.9. The third-order valence-corrected chi connectivity index (χ3v) is 17.7. The predicted molar refractivity (Wildman–Crippen MR) is 488 cm³/mol. The highest BCUT2D eigenvalue weighted by Gasteiger charge is 2.29. The molecule has 36 heteroatoms. The van der Waals surface area contributed by atoms with E-state index in [0.717, 1.165) is 98.6 Å². The molecule has 1 fully saturated rings. The lowest BCUT2D eigenvalue weighted by atomic mass is 9.88. The van der Waals surface area contributed by atoms with E-state index in [1.54, 1.807) is 93.5 Å². The smallest absolute Gasteiger partial charge is 0.331 e. The summed E-state index contributed by atoms with van der Waals surface area (Å²) in [7, 11) is 0. The van der Waals surface area contributed by atoms with Crippen LogP contribution in [-0.4, -0.2) is 222 Å². The largest absolute Gasteiger partial charge is 0.463 e. The van der Waals surface area contributed by atoms with Crippen molar-refractivity contribution in [3.05, 3.63) is 109 Å². The van der Waals surface area contributed by atoms with Gasteiger partial charge in [0.2, 0.25) is 29.5 Å². The summed E-state index contributed by atoms with van der Waals surface area (Å²) in [6.45, 7) is 48.7. The van der Waals surface area contributed by atoms with Crippen molar-refractivity contribution in [2.45, 2.75) is 261 Å². The molecule has 2 rings (SSSR count). The first-order valence-corrected chi connectivity index (χ1v) is 44.3. The van der Waals surface area contributed by atoms with Crippen LogP contribution in [0.5, 0.6) is 0 Å². The Labute approximate surface area is 773 Å². The molecule has 6 N–H and O–H groups in total. The molecule has 1 aliphatic rings. The number of nitrogens with one attached hydrogen (secondary N) is 6. The lowest BCUT2D eigenvalue weighted by Gasteiger charge is -2.26. The van der Waals surface area contributed by atoms with E-state index in [0.29, 0.717) is 12.0 Å². The predicted octanol–water partition coefficient (Wildman–Crippen LogP) is 10.2. The van der Waals surface area contributed by atoms with Crippen LogP contribution in [0.1, 0.15) is 229 Å². The first-order chi connectivity index (χ1) is 61.3. The summed E-state index contributed by atoms with van der Waals surface area (Å²) in [4.78, 5) is 206. The topological polar surface area (TPSA) is 490 Å². The molecule has 0 radical (unpaired) electrons. The van der Waals surface area contributed by atoms with Crippen molar-refractivity contribution in [1.29, 1.82) is 0 Å². The molecular formula is C95H150N6O30. The van der Waals surface area contributed by atoms with Crippen LogP contribution in [-0.2, 0) is 138 Å². The van der Waals surface area contributed by atoms with Gasteiger partial charge in [-0.3, -0.25) is 28.8 Å². The molecule has 0 aromatic heterocycles. The quantitative estimate of drug-likeness (QED) is 0.0201. The standard InChI is InChI=1S/C18H29NO5.C18H23NO5.C16H27NO5.C15H25NO5.2C14H23NO5/c2*1-4-23-16(20)10-11-17(21)24-12-15(13(2)3)19-18(22)14-8-6-5-7-9-14;1-7-21-13(18)8-9-14(19)22-10-12(11(2)3)17-15(20)16(4,5)6;1-6-20-13(17)7-8-14(18)21-9-12(10(2)3)16-15(19)11(4)5;1-9(2)12(15-11(5)16)8-19-13(17)6-7-14(18)20-10(3)4;1-5-12(16)15-11(10(3)4)9-20-14(18)8-7-13(17)19-6-2/h10-11,13-15H,4-9,12H2,1-3H3,(H,19,22);5-11,13,15H,4,12H2,1-3H3,(H,19,22);8-9,11-12H,7,10H2,1-6H3,(H,17,20);7-8,10-12H,6,9H2,1-5H3,(H,16,19);6-7,9-10,12H,8H2,1-5H3,(H,15,16);7-8,10-11H,5-6,9H2,1-4H3,(H,15,16)/b2*11-10+;9-8+;8-7+;7-6+;8-7+/t2*15-;3*12-;11-/m000000/s1. The van der Waals surface area contributed by atoms with Gasteiger partial charge < -0.3 is 88.7 Å². The average Bonchev–Trinajstić information content (AvgIpc) is 0.915. The van der Waals surface area contributed by atoms with E-state index < -0.39 is 77.0 Å². The molecule has 1 saturated carbocycles. The van der Waals surface area contributed by atoms with E-state index in [1.807, 2.05) is 110 Å². The van der Waals surface area contributed by atoms with Crippen molar-refractivity contribution in [1.82, 2.24) is 31.9 Å². The van der Waals surface area contributed by atoms with Gasteiger partial charge in [0.25, 0.3) is 5.91 Å². The Kier molecular flexibility index (Phi) is 70.7. The third kappa shape index (κ3) is 69.7. The molecule has 1 aromatic rings. The summed E-state index contributed by atoms with van der Waals surface area (Å²) in [6.07, 6.45) is 17.6. The van der Waals surface area contributed by atoms with Gasteiger partial charge in [0.05, 0.1) is 75.4 Å². The van der Waals surface area contributed by atoms with E-state index in [2.05, 4.69) is 55.6 Å². The van der Waals surface area contributed by atoms with Crippen LogP contribution in [0.15, 0.2) is 103 Å². The van der Waals surface area contributed by atoms with Gasteiger partial charge in [0.1, 0.15) is 39.6 Å². The van der Waals surface area contributed by atoms with E-state index >= 15 is 0 Å². The average molecular weight is 1860 g/mol. The third-order valence-electron chi connectivity index (χ3n) is 17.7. The Morgan fingerprint density at radius 3 is 0.847 bits per heavy atom. The molecule has 0 saturated heterocycles. The van der Waals surface area contributed by atoms with Gasteiger partial charge in [-0.1, -0.05) is 162 Å². The number of esters is 12. The molecule has 6 atom stereocenters. The van der Waals surface area contributed by atoms with Crippen LogP contribution < -0.4 is 31.9 Å². The van der Waals surface area contributed by atoms with Crippen LogP contribution >= 0.6 is 0 Å². The van der Waals surface area contributed by atoms with E-state index in [4.69, 9.17) is 33.2 Å². The normalized spacial score (nSPS) is 13.3.